The smallest absolute Gasteiger partial charge is 0.407 e. The third kappa shape index (κ3) is 9.06. The minimum absolute atomic E-state index is 0.00710. The van der Waals surface area contributed by atoms with Crippen molar-refractivity contribution >= 4 is 46.8 Å². The number of benzene rings is 2. The fraction of sp³-hybridized carbons (Fsp3) is 0.593. The van der Waals surface area contributed by atoms with Crippen LogP contribution in [0.5, 0.6) is 5.75 Å². The number of aliphatic hydroxyl groups excluding tert-OH is 5. The molecule has 0 unspecified atom stereocenters. The van der Waals surface area contributed by atoms with Gasteiger partial charge >= 0.3 is 12.1 Å². The number of ether oxygens (including phenoxy) is 3. The van der Waals surface area contributed by atoms with E-state index in [0.717, 1.165) is 36.9 Å². The number of halogens is 1. The molecule has 21 nitrogen and oxygen atoms in total. The Hall–Kier alpha value is -5.85. The lowest BCUT2D eigenvalue weighted by Gasteiger charge is -2.70. The quantitative estimate of drug-likeness (QED) is 0.100. The molecule has 11 rings (SSSR count). The van der Waals surface area contributed by atoms with Crippen LogP contribution in [0, 0.1) is 45.3 Å². The van der Waals surface area contributed by atoms with Crippen molar-refractivity contribution in [2.45, 2.75) is 120 Å². The number of nitrogens with zero attached hydrogens (tertiary/aromatic N) is 1. The largest absolute Gasteiger partial charge is 0.479 e. The molecule has 6 saturated carbocycles. The molecule has 8 fully saturated rings. The number of nitrogens with one attached hydrogen (secondary N) is 3. The maximum Gasteiger partial charge on any atom is 0.407 e. The summed E-state index contributed by atoms with van der Waals surface area (Å²) in [4.78, 5) is 82.5. The third-order valence-corrected chi connectivity index (χ3v) is 18.7. The highest BCUT2D eigenvalue weighted by Crippen LogP contribution is 2.73. The van der Waals surface area contributed by atoms with Crippen LogP contribution in [0.25, 0.3) is 0 Å². The number of aliphatic carboxylic acids is 1. The normalized spacial score (nSPS) is 38.4. The van der Waals surface area contributed by atoms with Crippen LogP contribution in [0.2, 0.25) is 0 Å². The number of fused-ring (bicyclic) bond motifs is 7. The number of rotatable bonds is 17. The Morgan fingerprint density at radius 3 is 2.37 bits per heavy atom. The summed E-state index contributed by atoms with van der Waals surface area (Å²) in [6, 6.07) is 12.5. The zero-order valence-electron chi connectivity index (χ0n) is 42.2. The number of hydrogen-bond donors (Lipinski definition) is 10. The third-order valence-electron chi connectivity index (χ3n) is 18.7. The summed E-state index contributed by atoms with van der Waals surface area (Å²) >= 11 is 0. The van der Waals surface area contributed by atoms with E-state index in [1.165, 1.54) is 30.4 Å². The maximum atomic E-state index is 16.1. The molecule has 76 heavy (non-hydrogen) atoms. The summed E-state index contributed by atoms with van der Waals surface area (Å²) in [5, 5.41) is 71.1. The van der Waals surface area contributed by atoms with Gasteiger partial charge in [0, 0.05) is 48.6 Å². The van der Waals surface area contributed by atoms with E-state index in [-0.39, 0.29) is 78.1 Å². The topological polar surface area (TPSA) is 326 Å². The maximum absolute atomic E-state index is 16.1. The number of Topliss-reactive ketones (excluding diaryl/α,β-unsaturated/α-hetero) is 1. The number of alkyl halides is 1. The summed E-state index contributed by atoms with van der Waals surface area (Å²) < 4.78 is 32.7. The molecule has 410 valence electrons. The number of allylic oxidation sites excluding steroid dienone is 4. The van der Waals surface area contributed by atoms with Crippen LogP contribution in [0.1, 0.15) is 69.9 Å². The summed E-state index contributed by atoms with van der Waals surface area (Å²) in [6.45, 7) is 3.55. The Balaban J connectivity index is 0.742. The molecule has 0 spiro atoms. The number of carboxylic acids is 1. The van der Waals surface area contributed by atoms with Crippen LogP contribution in [0.4, 0.5) is 20.6 Å². The Labute approximate surface area is 436 Å². The second-order valence-corrected chi connectivity index (χ2v) is 23.2. The summed E-state index contributed by atoms with van der Waals surface area (Å²) in [5.41, 5.74) is -0.0159. The molecule has 9 aliphatic rings. The van der Waals surface area contributed by atoms with Crippen LogP contribution < -0.4 is 31.5 Å². The number of hydrogen-bond acceptors (Lipinski definition) is 17. The van der Waals surface area contributed by atoms with Crippen LogP contribution >= 0.6 is 0 Å². The summed E-state index contributed by atoms with van der Waals surface area (Å²) in [6.07, 6.45) is -3.76. The van der Waals surface area contributed by atoms with Gasteiger partial charge in [-0.25, -0.2) is 19.9 Å². The molecule has 2 aromatic rings. The zero-order valence-corrected chi connectivity index (χ0v) is 42.2. The highest BCUT2D eigenvalue weighted by Gasteiger charge is 2.74. The van der Waals surface area contributed by atoms with E-state index in [9.17, 15) is 59.4 Å². The van der Waals surface area contributed by atoms with Crippen molar-refractivity contribution < 1.29 is 82.8 Å². The van der Waals surface area contributed by atoms with E-state index < -0.39 is 102 Å². The Morgan fingerprint density at radius 1 is 0.947 bits per heavy atom. The van der Waals surface area contributed by atoms with E-state index in [2.05, 4.69) is 56.9 Å². The SMILES string of the molecule is C[C@]12C=CC(=O)C=C1[C@@H](F)C[C@@H]1[C@@H]2[C@@H](O)C[C@@]2(C)[C@H]1C[C@H]1CN(c3ccc(CC45CC(NC(=O)OCc6ccc(O[C@@H]7O[C@H](C(=O)O)[C@@H](O)[C@H](O)[C@H]7O)c(NC(=O)CCNC(=O)CON)c6)(C4)C5)cc3)C[C@]12C(=O)CO. The summed E-state index contributed by atoms with van der Waals surface area (Å²) in [7, 11) is 0. The fourth-order valence-electron chi connectivity index (χ4n) is 15.5. The first-order valence-electron chi connectivity index (χ1n) is 25.9. The molecule has 3 amide bonds. The van der Waals surface area contributed by atoms with Crippen molar-refractivity contribution in [1.82, 2.24) is 10.6 Å². The monoisotopic (exact) mass is 1060 g/mol. The van der Waals surface area contributed by atoms with Crippen LogP contribution in [-0.4, -0.2) is 147 Å². The van der Waals surface area contributed by atoms with Gasteiger partial charge in [0.05, 0.1) is 17.2 Å². The molecule has 2 aromatic carbocycles. The van der Waals surface area contributed by atoms with E-state index in [4.69, 9.17) is 20.1 Å². The van der Waals surface area contributed by atoms with Gasteiger partial charge in [-0.15, -0.1) is 0 Å². The molecule has 2 heterocycles. The molecular weight excluding hydrogens is 994 g/mol. The van der Waals surface area contributed by atoms with Crippen molar-refractivity contribution in [2.24, 2.45) is 51.2 Å². The van der Waals surface area contributed by atoms with Crippen LogP contribution in [0.15, 0.2) is 66.3 Å². The molecular formula is C54H66FN5O16. The van der Waals surface area contributed by atoms with Crippen molar-refractivity contribution in [3.63, 3.8) is 0 Å². The second-order valence-electron chi connectivity index (χ2n) is 23.2. The molecule has 7 aliphatic carbocycles. The number of nitrogens with two attached hydrogens (primary N) is 1. The van der Waals surface area contributed by atoms with E-state index >= 15 is 4.39 Å². The Bertz CT molecular complexity index is 2720. The van der Waals surface area contributed by atoms with Crippen LogP contribution in [-0.2, 0) is 51.3 Å². The van der Waals surface area contributed by atoms with Gasteiger partial charge < -0.3 is 65.7 Å². The van der Waals surface area contributed by atoms with Gasteiger partial charge in [0.2, 0.25) is 18.1 Å². The van der Waals surface area contributed by atoms with Gasteiger partial charge in [0.25, 0.3) is 0 Å². The number of carboxylic acid groups (broad SMARTS) is 1. The molecule has 2 saturated heterocycles. The number of ketones is 2. The number of aliphatic hydroxyl groups is 5. The van der Waals surface area contributed by atoms with Crippen LogP contribution in [0.3, 0.4) is 0 Å². The van der Waals surface area contributed by atoms with Gasteiger partial charge in [-0.05, 0) is 127 Å². The predicted octanol–water partition coefficient (Wildman–Crippen LogP) is 1.50. The van der Waals surface area contributed by atoms with Gasteiger partial charge in [-0.2, -0.15) is 0 Å². The lowest BCUT2D eigenvalue weighted by Crippen LogP contribution is -2.75. The number of amides is 3. The Morgan fingerprint density at radius 2 is 1.67 bits per heavy atom. The highest BCUT2D eigenvalue weighted by molar-refractivity contribution is 6.01. The van der Waals surface area contributed by atoms with Gasteiger partial charge in [-0.1, -0.05) is 38.1 Å². The fourth-order valence-corrected chi connectivity index (χ4v) is 15.5. The number of anilines is 2. The number of alkyl carbamates (subject to hydrolysis) is 1. The average Bonchev–Trinajstić information content (AvgIpc) is 3.96. The molecule has 11 N–H and O–H groups in total. The van der Waals surface area contributed by atoms with Crippen molar-refractivity contribution in [1.29, 1.82) is 0 Å². The van der Waals surface area contributed by atoms with Crippen molar-refractivity contribution in [3.05, 3.63) is 77.4 Å². The lowest BCUT2D eigenvalue weighted by atomic mass is 9.38. The zero-order chi connectivity index (χ0) is 54.3. The van der Waals surface area contributed by atoms with Crippen molar-refractivity contribution in [2.75, 3.05) is 43.1 Å². The molecule has 22 heteroatoms. The standard InChI is InChI=1S/C54H66FN5O16/c1-50-11-9-31(62)15-34(50)35(55)16-32-33-14-29-19-60(26-54(29,39(64)20-61)51(33,2)18-37(63)42(32)50)30-6-3-27(4-7-30)17-52-23-53(24-52,25-52)59-49(72)73-21-28-5-8-38(36(13-28)58-40(65)10-12-57-41(66)22-74-56)75-48-45(69)43(67)44(68)46(76-48)47(70)71/h3-9,11,13,15,29,32-33,35,37,42-46,48,61,63,67-69H,10,12,14,16-26,56H2,1-2H3,(H,57,66)(H,58,65)(H,59,72)(H,70,71)/t29-,32-,33-,35-,37-,42+,43-,44-,45+,46-,48+,50-,51-,52?,53?,54+/m0/s1. The number of carbonyl (C=O) groups excluding carboxylic acids is 5. The predicted molar refractivity (Wildman–Crippen MR) is 264 cm³/mol. The molecule has 0 aromatic heterocycles. The van der Waals surface area contributed by atoms with Crippen molar-refractivity contribution in [3.8, 4) is 5.75 Å². The molecule has 14 atom stereocenters. The molecule has 2 bridgehead atoms. The Kier molecular flexibility index (Phi) is 14.0. The highest BCUT2D eigenvalue weighted by atomic mass is 19.1. The lowest BCUT2D eigenvalue weighted by molar-refractivity contribution is -0.271. The van der Waals surface area contributed by atoms with Gasteiger partial charge in [0.15, 0.2) is 17.7 Å². The van der Waals surface area contributed by atoms with E-state index in [0.29, 0.717) is 37.1 Å². The minimum Gasteiger partial charge on any atom is -0.479 e. The van der Waals surface area contributed by atoms with Gasteiger partial charge in [-0.3, -0.25) is 24.0 Å². The average molecular weight is 1060 g/mol. The second kappa shape index (κ2) is 19.9. The molecule has 2 aliphatic heterocycles. The van der Waals surface area contributed by atoms with Gasteiger partial charge in [0.1, 0.15) is 50.1 Å². The van der Waals surface area contributed by atoms with E-state index in [1.807, 2.05) is 6.92 Å². The molecule has 0 radical (unpaired) electrons. The first kappa shape index (κ1) is 53.5. The number of carbonyl (C=O) groups is 6. The first-order valence-corrected chi connectivity index (χ1v) is 25.9. The minimum atomic E-state index is -1.96. The first-order chi connectivity index (χ1) is 36.1. The summed E-state index contributed by atoms with van der Waals surface area (Å²) in [5.74, 6) is 0.817. The van der Waals surface area contributed by atoms with E-state index in [1.54, 1.807) is 6.08 Å².